The number of hydrogen-bond donors (Lipinski definition) is 1. The van der Waals surface area contributed by atoms with E-state index in [4.69, 9.17) is 4.74 Å². The monoisotopic (exact) mass is 439 g/mol. The lowest BCUT2D eigenvalue weighted by molar-refractivity contribution is 0.122. The van der Waals surface area contributed by atoms with Crippen molar-refractivity contribution in [3.05, 3.63) is 33.9 Å². The van der Waals surface area contributed by atoms with Gasteiger partial charge < -0.3 is 15.0 Å². The molecule has 1 N–H and O–H groups in total. The lowest BCUT2D eigenvalue weighted by Gasteiger charge is -2.27. The minimum atomic E-state index is 0.565. The van der Waals surface area contributed by atoms with E-state index in [2.05, 4.69) is 61.6 Å². The summed E-state index contributed by atoms with van der Waals surface area (Å²) < 4.78 is 6.45. The second-order valence-electron chi connectivity index (χ2n) is 6.21. The topological polar surface area (TPSA) is 63.2 Å². The Morgan fingerprint density at radius 2 is 2.00 bits per heavy atom. The van der Waals surface area contributed by atoms with Crippen LogP contribution in [0.5, 0.6) is 0 Å². The minimum Gasteiger partial charge on any atom is -0.378 e. The van der Waals surface area contributed by atoms with Crippen LogP contribution >= 0.6 is 22.6 Å². The molecule has 1 aliphatic rings. The predicted molar refractivity (Wildman–Crippen MR) is 104 cm³/mol. The Morgan fingerprint density at radius 3 is 2.67 bits per heavy atom. The van der Waals surface area contributed by atoms with Gasteiger partial charge in [0.05, 0.1) is 34.4 Å². The lowest BCUT2D eigenvalue weighted by Crippen LogP contribution is -2.36. The van der Waals surface area contributed by atoms with Crippen LogP contribution in [-0.2, 0) is 11.2 Å². The molecule has 2 aromatic rings. The highest BCUT2D eigenvalue weighted by molar-refractivity contribution is 14.1. The highest BCUT2D eigenvalue weighted by Gasteiger charge is 2.13. The first-order valence-electron chi connectivity index (χ1n) is 8.18. The highest BCUT2D eigenvalue weighted by Crippen LogP contribution is 2.24. The second kappa shape index (κ2) is 8.06. The first-order chi connectivity index (χ1) is 11.6. The van der Waals surface area contributed by atoms with Crippen LogP contribution in [0.25, 0.3) is 0 Å². The van der Waals surface area contributed by atoms with Crippen LogP contribution in [0, 0.1) is 9.49 Å². The summed E-state index contributed by atoms with van der Waals surface area (Å²) in [5.74, 6) is 2.39. The van der Waals surface area contributed by atoms with Gasteiger partial charge >= 0.3 is 0 Å². The molecule has 0 aliphatic carbocycles. The molecule has 0 aromatic carbocycles. The molecule has 0 unspecified atom stereocenters. The van der Waals surface area contributed by atoms with Gasteiger partial charge in [-0.25, -0.2) is 15.0 Å². The number of halogens is 1. The Labute approximate surface area is 156 Å². The molecule has 7 heteroatoms. The van der Waals surface area contributed by atoms with E-state index < -0.39 is 0 Å². The maximum atomic E-state index is 5.38. The summed E-state index contributed by atoms with van der Waals surface area (Å²) >= 11 is 2.31. The van der Waals surface area contributed by atoms with Gasteiger partial charge in [0.2, 0.25) is 0 Å². The molecule has 24 heavy (non-hydrogen) atoms. The van der Waals surface area contributed by atoms with E-state index in [1.54, 1.807) is 6.33 Å². The molecule has 1 fully saturated rings. The van der Waals surface area contributed by atoms with Crippen molar-refractivity contribution in [1.82, 2.24) is 15.0 Å². The van der Waals surface area contributed by atoms with Gasteiger partial charge in [-0.2, -0.15) is 0 Å². The molecular formula is C17H22IN5O. The number of anilines is 3. The van der Waals surface area contributed by atoms with Crippen LogP contribution in [0.1, 0.15) is 19.5 Å². The lowest BCUT2D eigenvalue weighted by atomic mass is 10.1. The molecule has 0 spiro atoms. The Kier molecular flexibility index (Phi) is 5.83. The normalized spacial score (nSPS) is 14.9. The zero-order valence-electron chi connectivity index (χ0n) is 14.0. The molecule has 128 valence electrons. The maximum absolute atomic E-state index is 5.38. The van der Waals surface area contributed by atoms with Crippen molar-refractivity contribution >= 4 is 39.9 Å². The third kappa shape index (κ3) is 4.32. The molecule has 0 saturated carbocycles. The average Bonchev–Trinajstić information content (AvgIpc) is 2.59. The molecule has 1 saturated heterocycles. The molecule has 0 atom stereocenters. The van der Waals surface area contributed by atoms with Crippen LogP contribution in [-0.4, -0.2) is 41.3 Å². The van der Waals surface area contributed by atoms with Crippen molar-refractivity contribution in [3.8, 4) is 0 Å². The molecule has 0 bridgehead atoms. The largest absolute Gasteiger partial charge is 0.378 e. The van der Waals surface area contributed by atoms with E-state index in [0.29, 0.717) is 5.92 Å². The zero-order valence-corrected chi connectivity index (χ0v) is 16.2. The van der Waals surface area contributed by atoms with Gasteiger partial charge in [-0.05, 0) is 47.1 Å². The first-order valence-corrected chi connectivity index (χ1v) is 9.26. The minimum absolute atomic E-state index is 0.565. The van der Waals surface area contributed by atoms with Gasteiger partial charge in [-0.3, -0.25) is 0 Å². The van der Waals surface area contributed by atoms with E-state index in [1.165, 1.54) is 0 Å². The number of aromatic nitrogens is 3. The van der Waals surface area contributed by atoms with Crippen LogP contribution in [0.4, 0.5) is 17.3 Å². The van der Waals surface area contributed by atoms with Crippen LogP contribution in [0.15, 0.2) is 24.7 Å². The third-order valence-corrected chi connectivity index (χ3v) is 4.94. The smallest absolute Gasteiger partial charge is 0.147 e. The molecule has 6 nitrogen and oxygen atoms in total. The Hall–Kier alpha value is -1.48. The number of nitrogens with one attached hydrogen (secondary N) is 1. The summed E-state index contributed by atoms with van der Waals surface area (Å²) in [6, 6.07) is 4.08. The van der Waals surface area contributed by atoms with Gasteiger partial charge in [0.15, 0.2) is 0 Å². The quantitative estimate of drug-likeness (QED) is 0.722. The van der Waals surface area contributed by atoms with Gasteiger partial charge in [0, 0.05) is 13.1 Å². The van der Waals surface area contributed by atoms with Gasteiger partial charge in [0.25, 0.3) is 0 Å². The van der Waals surface area contributed by atoms with Crippen molar-refractivity contribution < 1.29 is 4.74 Å². The van der Waals surface area contributed by atoms with Crippen molar-refractivity contribution in [2.75, 3.05) is 36.5 Å². The number of pyridine rings is 1. The fourth-order valence-corrected chi connectivity index (χ4v) is 3.23. The number of hydrogen-bond acceptors (Lipinski definition) is 6. The summed E-state index contributed by atoms with van der Waals surface area (Å²) in [4.78, 5) is 15.6. The van der Waals surface area contributed by atoms with Gasteiger partial charge in [-0.15, -0.1) is 0 Å². The van der Waals surface area contributed by atoms with E-state index in [9.17, 15) is 0 Å². The predicted octanol–water partition coefficient (Wildman–Crippen LogP) is 3.25. The van der Waals surface area contributed by atoms with Crippen molar-refractivity contribution in [3.63, 3.8) is 0 Å². The van der Waals surface area contributed by atoms with Crippen LogP contribution in [0.3, 0.4) is 0 Å². The SMILES string of the molecule is CC(C)Cc1ncnc(Nc2ccc(N3CCOCC3)nc2)c1I. The zero-order chi connectivity index (χ0) is 16.9. The summed E-state index contributed by atoms with van der Waals surface area (Å²) in [5, 5.41) is 3.35. The van der Waals surface area contributed by atoms with Crippen molar-refractivity contribution in [1.29, 1.82) is 0 Å². The standard InChI is InChI=1S/C17H22IN5O/c1-12(2)9-14-16(18)17(21-11-20-14)22-13-3-4-15(19-10-13)23-5-7-24-8-6-23/h3-4,10-12H,5-9H2,1-2H3,(H,20,21,22). The summed E-state index contributed by atoms with van der Waals surface area (Å²) in [5.41, 5.74) is 2.01. The maximum Gasteiger partial charge on any atom is 0.147 e. The summed E-state index contributed by atoms with van der Waals surface area (Å²) in [7, 11) is 0. The molecule has 3 heterocycles. The number of nitrogens with zero attached hydrogens (tertiary/aromatic N) is 4. The Morgan fingerprint density at radius 1 is 1.21 bits per heavy atom. The fraction of sp³-hybridized carbons (Fsp3) is 0.471. The molecular weight excluding hydrogens is 417 g/mol. The van der Waals surface area contributed by atoms with E-state index >= 15 is 0 Å². The summed E-state index contributed by atoms with van der Waals surface area (Å²) in [6.45, 7) is 7.70. The van der Waals surface area contributed by atoms with Gasteiger partial charge in [0.1, 0.15) is 18.0 Å². The number of morpholine rings is 1. The van der Waals surface area contributed by atoms with Crippen molar-refractivity contribution in [2.45, 2.75) is 20.3 Å². The number of ether oxygens (including phenoxy) is 1. The van der Waals surface area contributed by atoms with E-state index in [1.807, 2.05) is 18.3 Å². The molecule has 0 radical (unpaired) electrons. The summed E-state index contributed by atoms with van der Waals surface area (Å²) in [6.07, 6.45) is 4.42. The highest BCUT2D eigenvalue weighted by atomic mass is 127. The molecule has 3 rings (SSSR count). The molecule has 2 aromatic heterocycles. The third-order valence-electron chi connectivity index (χ3n) is 3.81. The Bertz CT molecular complexity index is 671. The molecule has 1 aliphatic heterocycles. The first kappa shape index (κ1) is 17.3. The average molecular weight is 439 g/mol. The van der Waals surface area contributed by atoms with E-state index in [0.717, 1.165) is 59.3 Å². The van der Waals surface area contributed by atoms with Crippen LogP contribution < -0.4 is 10.2 Å². The van der Waals surface area contributed by atoms with Gasteiger partial charge in [-0.1, -0.05) is 13.8 Å². The van der Waals surface area contributed by atoms with E-state index in [-0.39, 0.29) is 0 Å². The van der Waals surface area contributed by atoms with Crippen molar-refractivity contribution in [2.24, 2.45) is 5.92 Å². The molecule has 0 amide bonds. The number of rotatable bonds is 5. The Balaban J connectivity index is 1.72. The fourth-order valence-electron chi connectivity index (χ4n) is 2.60. The van der Waals surface area contributed by atoms with Crippen LogP contribution in [0.2, 0.25) is 0 Å². The second-order valence-corrected chi connectivity index (χ2v) is 7.29.